The number of hydrogen-bond donors (Lipinski definition) is 2. The molecule has 2 nitrogen and oxygen atoms in total. The molecule has 0 heterocycles. The molecule has 0 aromatic heterocycles. The molecule has 0 aliphatic rings. The molecule has 0 spiro atoms. The van der Waals surface area contributed by atoms with Crippen LogP contribution in [0.4, 0.5) is 0 Å². The van der Waals surface area contributed by atoms with E-state index >= 15 is 0 Å². The van der Waals surface area contributed by atoms with E-state index in [0.29, 0.717) is 5.92 Å². The number of rotatable bonds is 9. The molecule has 0 rings (SSSR count). The van der Waals surface area contributed by atoms with Crippen LogP contribution in [0.3, 0.4) is 0 Å². The molecular formula is C18H30N2. The normalized spacial score (nSPS) is 13.9. The lowest BCUT2D eigenvalue weighted by atomic mass is 10.0. The first kappa shape index (κ1) is 18.3. The average Bonchev–Trinajstić information content (AvgIpc) is 2.39. The standard InChI is InChI=1S/C18H30N2/c1-9-15(7)11-17(10-2)12-19-16(8)18(13(3)4)20-14(5)6/h9-11,13,18-20H,2,5,8,12H2,1,3-4,6-7H3/b15-9-,17-11+. The zero-order valence-corrected chi connectivity index (χ0v) is 13.7. The second kappa shape index (κ2) is 9.24. The van der Waals surface area contributed by atoms with Crippen molar-refractivity contribution in [3.8, 4) is 0 Å². The molecule has 0 amide bonds. The van der Waals surface area contributed by atoms with E-state index < -0.39 is 0 Å². The first-order valence-corrected chi connectivity index (χ1v) is 7.12. The highest BCUT2D eigenvalue weighted by atomic mass is 15.0. The van der Waals surface area contributed by atoms with Crippen molar-refractivity contribution < 1.29 is 0 Å². The summed E-state index contributed by atoms with van der Waals surface area (Å²) in [7, 11) is 0. The van der Waals surface area contributed by atoms with Gasteiger partial charge in [-0.2, -0.15) is 0 Å². The van der Waals surface area contributed by atoms with Crippen molar-refractivity contribution in [1.29, 1.82) is 0 Å². The summed E-state index contributed by atoms with van der Waals surface area (Å²) in [5.74, 6) is 0.445. The van der Waals surface area contributed by atoms with Gasteiger partial charge < -0.3 is 10.6 Å². The monoisotopic (exact) mass is 274 g/mol. The maximum Gasteiger partial charge on any atom is 0.0673 e. The molecule has 1 atom stereocenters. The Labute approximate surface area is 125 Å². The minimum Gasteiger partial charge on any atom is -0.383 e. The molecule has 0 aliphatic carbocycles. The highest BCUT2D eigenvalue weighted by Gasteiger charge is 2.16. The van der Waals surface area contributed by atoms with Crippen LogP contribution in [0.1, 0.15) is 34.6 Å². The lowest BCUT2D eigenvalue weighted by molar-refractivity contribution is 0.462. The molecule has 0 radical (unpaired) electrons. The quantitative estimate of drug-likeness (QED) is 0.612. The van der Waals surface area contributed by atoms with Crippen LogP contribution in [0.25, 0.3) is 0 Å². The second-order valence-corrected chi connectivity index (χ2v) is 5.48. The molecular weight excluding hydrogens is 244 g/mol. The Balaban J connectivity index is 4.69. The van der Waals surface area contributed by atoms with E-state index in [0.717, 1.165) is 23.5 Å². The molecule has 1 unspecified atom stereocenters. The van der Waals surface area contributed by atoms with Crippen LogP contribution in [0.5, 0.6) is 0 Å². The zero-order chi connectivity index (χ0) is 15.7. The van der Waals surface area contributed by atoms with Crippen LogP contribution < -0.4 is 10.6 Å². The summed E-state index contributed by atoms with van der Waals surface area (Å²) in [4.78, 5) is 0. The van der Waals surface area contributed by atoms with Crippen molar-refractivity contribution in [2.75, 3.05) is 6.54 Å². The van der Waals surface area contributed by atoms with Gasteiger partial charge in [-0.1, -0.05) is 57.4 Å². The summed E-state index contributed by atoms with van der Waals surface area (Å²) in [5.41, 5.74) is 4.32. The van der Waals surface area contributed by atoms with E-state index in [-0.39, 0.29) is 6.04 Å². The number of hydrogen-bond acceptors (Lipinski definition) is 2. The minimum absolute atomic E-state index is 0.182. The van der Waals surface area contributed by atoms with Crippen LogP contribution >= 0.6 is 0 Å². The van der Waals surface area contributed by atoms with Crippen LogP contribution in [0, 0.1) is 5.92 Å². The summed E-state index contributed by atoms with van der Waals surface area (Å²) >= 11 is 0. The van der Waals surface area contributed by atoms with Gasteiger partial charge >= 0.3 is 0 Å². The van der Waals surface area contributed by atoms with E-state index in [1.54, 1.807) is 0 Å². The third kappa shape index (κ3) is 7.03. The van der Waals surface area contributed by atoms with E-state index in [9.17, 15) is 0 Å². The fourth-order valence-electron chi connectivity index (χ4n) is 1.81. The van der Waals surface area contributed by atoms with E-state index in [1.807, 2.05) is 19.9 Å². The Hall–Kier alpha value is -1.70. The highest BCUT2D eigenvalue weighted by Crippen LogP contribution is 2.11. The molecule has 20 heavy (non-hydrogen) atoms. The molecule has 0 aromatic carbocycles. The van der Waals surface area contributed by atoms with Crippen molar-refractivity contribution in [2.45, 2.75) is 40.7 Å². The molecule has 0 aliphatic heterocycles. The average molecular weight is 274 g/mol. The predicted molar refractivity (Wildman–Crippen MR) is 91.4 cm³/mol. The van der Waals surface area contributed by atoms with Crippen molar-refractivity contribution in [3.63, 3.8) is 0 Å². The Morgan fingerprint density at radius 3 is 2.20 bits per heavy atom. The third-order valence-electron chi connectivity index (χ3n) is 3.09. The Bertz CT molecular complexity index is 411. The van der Waals surface area contributed by atoms with Crippen molar-refractivity contribution >= 4 is 0 Å². The van der Waals surface area contributed by atoms with Gasteiger partial charge in [0.15, 0.2) is 0 Å². The van der Waals surface area contributed by atoms with Gasteiger partial charge in [-0.15, -0.1) is 0 Å². The molecule has 112 valence electrons. The van der Waals surface area contributed by atoms with Gasteiger partial charge in [-0.3, -0.25) is 0 Å². The topological polar surface area (TPSA) is 24.1 Å². The SMILES string of the molecule is C=C/C(=C\C(C)=C/C)CNC(=C)C(NC(=C)C)C(C)C. The molecule has 0 saturated heterocycles. The second-order valence-electron chi connectivity index (χ2n) is 5.48. The zero-order valence-electron chi connectivity index (χ0n) is 13.7. The van der Waals surface area contributed by atoms with Gasteiger partial charge in [0, 0.05) is 17.9 Å². The summed E-state index contributed by atoms with van der Waals surface area (Å²) < 4.78 is 0. The molecule has 0 saturated carbocycles. The minimum atomic E-state index is 0.182. The lowest BCUT2D eigenvalue weighted by Crippen LogP contribution is -2.39. The van der Waals surface area contributed by atoms with Crippen molar-refractivity contribution in [2.24, 2.45) is 5.92 Å². The van der Waals surface area contributed by atoms with Crippen molar-refractivity contribution in [3.05, 3.63) is 60.5 Å². The van der Waals surface area contributed by atoms with Crippen molar-refractivity contribution in [1.82, 2.24) is 10.6 Å². The van der Waals surface area contributed by atoms with Gasteiger partial charge in [-0.05, 0) is 32.3 Å². The molecule has 2 N–H and O–H groups in total. The Morgan fingerprint density at radius 1 is 1.20 bits per heavy atom. The highest BCUT2D eigenvalue weighted by molar-refractivity contribution is 5.29. The van der Waals surface area contributed by atoms with E-state index in [1.165, 1.54) is 5.57 Å². The fourth-order valence-corrected chi connectivity index (χ4v) is 1.81. The molecule has 0 fully saturated rings. The summed E-state index contributed by atoms with van der Waals surface area (Å²) in [5, 5.41) is 6.74. The summed E-state index contributed by atoms with van der Waals surface area (Å²) in [6, 6.07) is 0.182. The molecule has 0 aromatic rings. The predicted octanol–water partition coefficient (Wildman–Crippen LogP) is 4.32. The maximum absolute atomic E-state index is 4.14. The van der Waals surface area contributed by atoms with Crippen LogP contribution in [0.15, 0.2) is 60.5 Å². The third-order valence-corrected chi connectivity index (χ3v) is 3.09. The van der Waals surface area contributed by atoms with Crippen LogP contribution in [0.2, 0.25) is 0 Å². The maximum atomic E-state index is 4.14. The van der Waals surface area contributed by atoms with E-state index in [2.05, 4.69) is 63.3 Å². The first-order valence-electron chi connectivity index (χ1n) is 7.12. The van der Waals surface area contributed by atoms with Gasteiger partial charge in [-0.25, -0.2) is 0 Å². The Morgan fingerprint density at radius 2 is 1.80 bits per heavy atom. The van der Waals surface area contributed by atoms with Gasteiger partial charge in [0.1, 0.15) is 0 Å². The smallest absolute Gasteiger partial charge is 0.0673 e. The molecule has 2 heteroatoms. The van der Waals surface area contributed by atoms with Crippen LogP contribution in [-0.4, -0.2) is 12.6 Å². The van der Waals surface area contributed by atoms with E-state index in [4.69, 9.17) is 0 Å². The summed E-state index contributed by atoms with van der Waals surface area (Å²) in [6.45, 7) is 23.1. The lowest BCUT2D eigenvalue weighted by Gasteiger charge is -2.26. The Kier molecular flexibility index (Phi) is 8.46. The number of allylic oxidation sites excluding steroid dienone is 4. The van der Waals surface area contributed by atoms with Gasteiger partial charge in [0.25, 0.3) is 0 Å². The van der Waals surface area contributed by atoms with Gasteiger partial charge in [0.2, 0.25) is 0 Å². The first-order chi connectivity index (χ1) is 9.31. The largest absolute Gasteiger partial charge is 0.383 e. The number of nitrogens with one attached hydrogen (secondary N) is 2. The molecule has 0 bridgehead atoms. The summed E-state index contributed by atoms with van der Waals surface area (Å²) in [6.07, 6.45) is 6.09. The van der Waals surface area contributed by atoms with Gasteiger partial charge in [0.05, 0.1) is 6.04 Å². The fraction of sp³-hybridized carbons (Fsp3) is 0.444. The van der Waals surface area contributed by atoms with Crippen LogP contribution in [-0.2, 0) is 0 Å².